The lowest BCUT2D eigenvalue weighted by Gasteiger charge is -1.99. The van der Waals surface area contributed by atoms with E-state index in [4.69, 9.17) is 15.4 Å². The van der Waals surface area contributed by atoms with Gasteiger partial charge in [-0.1, -0.05) is 12.7 Å². The number of rotatable bonds is 3. The molecule has 0 saturated heterocycles. The van der Waals surface area contributed by atoms with Crippen LogP contribution in [0.4, 0.5) is 0 Å². The van der Waals surface area contributed by atoms with E-state index in [2.05, 4.69) is 11.3 Å². The van der Waals surface area contributed by atoms with Gasteiger partial charge in [-0.3, -0.25) is 0 Å². The molecule has 1 aromatic rings. The number of ether oxygens (including phenoxy) is 1. The fourth-order valence-electron chi connectivity index (χ4n) is 0.840. The third-order valence-corrected chi connectivity index (χ3v) is 1.48. The van der Waals surface area contributed by atoms with Crippen molar-refractivity contribution >= 4 is 5.97 Å². The summed E-state index contributed by atoms with van der Waals surface area (Å²) in [5, 5.41) is 26.9. The van der Waals surface area contributed by atoms with E-state index in [9.17, 15) is 4.79 Å². The van der Waals surface area contributed by atoms with Crippen molar-refractivity contribution in [3.8, 4) is 11.8 Å². The highest BCUT2D eigenvalue weighted by Crippen LogP contribution is 2.25. The SMILES string of the molecule is C=CCOC(=O)c1cc(O)n(O)c1O. The van der Waals surface area contributed by atoms with Gasteiger partial charge in [-0.15, -0.1) is 4.73 Å². The Morgan fingerprint density at radius 2 is 2.29 bits per heavy atom. The first kappa shape index (κ1) is 9.97. The maximum atomic E-state index is 11.1. The molecule has 1 rings (SSSR count). The molecule has 0 atom stereocenters. The van der Waals surface area contributed by atoms with Gasteiger partial charge in [-0.05, 0) is 0 Å². The molecule has 0 amide bonds. The lowest BCUT2D eigenvalue weighted by Crippen LogP contribution is -2.04. The van der Waals surface area contributed by atoms with Crippen molar-refractivity contribution in [3.05, 3.63) is 24.3 Å². The average Bonchev–Trinajstić information content (AvgIpc) is 2.42. The van der Waals surface area contributed by atoms with Crippen LogP contribution in [0.15, 0.2) is 18.7 Å². The van der Waals surface area contributed by atoms with E-state index in [0.29, 0.717) is 0 Å². The molecule has 3 N–H and O–H groups in total. The number of aromatic nitrogens is 1. The van der Waals surface area contributed by atoms with Crippen LogP contribution in [0.5, 0.6) is 11.8 Å². The van der Waals surface area contributed by atoms with Crippen molar-refractivity contribution in [1.29, 1.82) is 0 Å². The zero-order valence-electron chi connectivity index (χ0n) is 7.17. The Bertz CT molecular complexity index is 368. The monoisotopic (exact) mass is 199 g/mol. The quantitative estimate of drug-likeness (QED) is 0.374. The first-order valence-electron chi connectivity index (χ1n) is 3.69. The predicted molar refractivity (Wildman–Crippen MR) is 45.4 cm³/mol. The van der Waals surface area contributed by atoms with Crippen molar-refractivity contribution in [2.45, 2.75) is 0 Å². The predicted octanol–water partition coefficient (Wildman–Crippen LogP) is 0.479. The third-order valence-electron chi connectivity index (χ3n) is 1.48. The summed E-state index contributed by atoms with van der Waals surface area (Å²) in [5.41, 5.74) is -0.313. The van der Waals surface area contributed by atoms with Gasteiger partial charge in [0.15, 0.2) is 0 Å². The molecule has 0 radical (unpaired) electrons. The van der Waals surface area contributed by atoms with Crippen molar-refractivity contribution < 1.29 is 25.0 Å². The number of aromatic hydroxyl groups is 2. The van der Waals surface area contributed by atoms with Gasteiger partial charge in [0.2, 0.25) is 11.8 Å². The minimum absolute atomic E-state index is 0.0182. The topological polar surface area (TPSA) is 91.9 Å². The Morgan fingerprint density at radius 1 is 1.64 bits per heavy atom. The molecule has 76 valence electrons. The molecule has 1 aromatic heterocycles. The van der Waals surface area contributed by atoms with Crippen molar-refractivity contribution in [2.75, 3.05) is 6.61 Å². The molecule has 6 heteroatoms. The van der Waals surface area contributed by atoms with Crippen molar-refractivity contribution in [2.24, 2.45) is 0 Å². The fraction of sp³-hybridized carbons (Fsp3) is 0.125. The molecule has 0 aliphatic heterocycles. The zero-order chi connectivity index (χ0) is 10.7. The number of hydrogen-bond acceptors (Lipinski definition) is 5. The number of esters is 1. The van der Waals surface area contributed by atoms with Gasteiger partial charge in [-0.25, -0.2) is 4.79 Å². The molecule has 0 fully saturated rings. The highest BCUT2D eigenvalue weighted by Gasteiger charge is 2.20. The molecule has 0 saturated carbocycles. The first-order valence-corrected chi connectivity index (χ1v) is 3.69. The van der Waals surface area contributed by atoms with Crippen molar-refractivity contribution in [1.82, 2.24) is 4.73 Å². The van der Waals surface area contributed by atoms with E-state index in [1.54, 1.807) is 0 Å². The summed E-state index contributed by atoms with van der Waals surface area (Å²) in [6.07, 6.45) is 1.35. The molecule has 6 nitrogen and oxygen atoms in total. The van der Waals surface area contributed by atoms with Crippen molar-refractivity contribution in [3.63, 3.8) is 0 Å². The largest absolute Gasteiger partial charge is 0.492 e. The maximum Gasteiger partial charge on any atom is 0.344 e. The summed E-state index contributed by atoms with van der Waals surface area (Å²) in [7, 11) is 0. The molecular formula is C8H9NO5. The third kappa shape index (κ3) is 1.63. The molecule has 14 heavy (non-hydrogen) atoms. The molecule has 0 unspecified atom stereocenters. The van der Waals surface area contributed by atoms with Crippen LogP contribution < -0.4 is 0 Å². The summed E-state index contributed by atoms with van der Waals surface area (Å²) in [4.78, 5) is 11.1. The minimum Gasteiger partial charge on any atom is -0.492 e. The summed E-state index contributed by atoms with van der Waals surface area (Å²) in [6.45, 7) is 3.31. The molecule has 1 heterocycles. The van der Waals surface area contributed by atoms with E-state index >= 15 is 0 Å². The lowest BCUT2D eigenvalue weighted by molar-refractivity contribution is 0.0540. The Morgan fingerprint density at radius 3 is 2.71 bits per heavy atom. The standard InChI is InChI=1S/C8H9NO5/c1-2-3-14-8(12)5-4-6(10)9(13)7(5)11/h2,4,10-11,13H,1,3H2. The maximum absolute atomic E-state index is 11.1. The van der Waals surface area contributed by atoms with E-state index < -0.39 is 17.7 Å². The Kier molecular flexibility index (Phi) is 2.66. The summed E-state index contributed by atoms with van der Waals surface area (Å²) < 4.78 is 4.65. The smallest absolute Gasteiger partial charge is 0.344 e. The Labute approximate surface area is 79.2 Å². The molecule has 0 bridgehead atoms. The van der Waals surface area contributed by atoms with Crippen LogP contribution in [-0.4, -0.2) is 32.7 Å². The first-order chi connectivity index (χ1) is 6.57. The van der Waals surface area contributed by atoms with Gasteiger partial charge in [-0.2, -0.15) is 0 Å². The highest BCUT2D eigenvalue weighted by molar-refractivity contribution is 5.92. The van der Waals surface area contributed by atoms with Crippen LogP contribution in [0.25, 0.3) is 0 Å². The lowest BCUT2D eigenvalue weighted by atomic mass is 10.3. The van der Waals surface area contributed by atoms with Gasteiger partial charge < -0.3 is 20.2 Å². The summed E-state index contributed by atoms with van der Waals surface area (Å²) in [5.74, 6) is -2.27. The van der Waals surface area contributed by atoms with E-state index in [1.165, 1.54) is 6.08 Å². The zero-order valence-corrected chi connectivity index (χ0v) is 7.17. The van der Waals surface area contributed by atoms with Gasteiger partial charge in [0.05, 0.1) is 0 Å². The van der Waals surface area contributed by atoms with Crippen LogP contribution >= 0.6 is 0 Å². The highest BCUT2D eigenvalue weighted by atomic mass is 16.5. The van der Waals surface area contributed by atoms with Gasteiger partial charge in [0, 0.05) is 6.07 Å². The van der Waals surface area contributed by atoms with Crippen LogP contribution in [0.2, 0.25) is 0 Å². The summed E-state index contributed by atoms with van der Waals surface area (Å²) >= 11 is 0. The average molecular weight is 199 g/mol. The molecule has 0 aliphatic carbocycles. The normalized spacial score (nSPS) is 9.71. The second-order valence-electron chi connectivity index (χ2n) is 2.44. The van der Waals surface area contributed by atoms with Gasteiger partial charge >= 0.3 is 5.97 Å². The Balaban J connectivity index is 2.90. The van der Waals surface area contributed by atoms with Gasteiger partial charge in [0.1, 0.15) is 12.2 Å². The Hall–Kier alpha value is -2.11. The van der Waals surface area contributed by atoms with Crippen LogP contribution in [-0.2, 0) is 4.74 Å². The molecular weight excluding hydrogens is 190 g/mol. The number of nitrogens with zero attached hydrogens (tertiary/aromatic N) is 1. The van der Waals surface area contributed by atoms with E-state index in [-0.39, 0.29) is 16.9 Å². The molecule has 0 aromatic carbocycles. The van der Waals surface area contributed by atoms with Gasteiger partial charge in [0.25, 0.3) is 0 Å². The minimum atomic E-state index is -0.856. The second kappa shape index (κ2) is 3.73. The molecule has 0 spiro atoms. The number of carbonyl (C=O) groups is 1. The fourth-order valence-corrected chi connectivity index (χ4v) is 0.840. The van der Waals surface area contributed by atoms with Crippen LogP contribution in [0.3, 0.4) is 0 Å². The summed E-state index contributed by atoms with van der Waals surface area (Å²) in [6, 6.07) is 0.890. The van der Waals surface area contributed by atoms with E-state index in [0.717, 1.165) is 6.07 Å². The number of carbonyl (C=O) groups excluding carboxylic acids is 1. The van der Waals surface area contributed by atoms with E-state index in [1.807, 2.05) is 0 Å². The number of hydrogen-bond donors (Lipinski definition) is 3. The van der Waals surface area contributed by atoms with Crippen LogP contribution in [0.1, 0.15) is 10.4 Å². The molecule has 0 aliphatic rings. The second-order valence-corrected chi connectivity index (χ2v) is 2.44. The van der Waals surface area contributed by atoms with Crippen LogP contribution in [0, 0.1) is 0 Å².